The van der Waals surface area contributed by atoms with Gasteiger partial charge >= 0.3 is 0 Å². The predicted octanol–water partition coefficient (Wildman–Crippen LogP) is 3.98. The summed E-state index contributed by atoms with van der Waals surface area (Å²) >= 11 is 0. The van der Waals surface area contributed by atoms with Crippen LogP contribution in [0.15, 0.2) is 72.8 Å². The van der Waals surface area contributed by atoms with Crippen molar-refractivity contribution in [3.05, 3.63) is 83.9 Å². The third-order valence-electron chi connectivity index (χ3n) is 4.38. The van der Waals surface area contributed by atoms with Gasteiger partial charge in [0.05, 0.1) is 14.2 Å². The highest BCUT2D eigenvalue weighted by atomic mass is 16.5. The first-order valence-corrected chi connectivity index (χ1v) is 9.55. The van der Waals surface area contributed by atoms with Crippen LogP contribution in [-0.2, 0) is 17.9 Å². The molecule has 0 fully saturated rings. The minimum atomic E-state index is -0.214. The summed E-state index contributed by atoms with van der Waals surface area (Å²) in [4.78, 5) is 12.1. The molecule has 6 heteroatoms. The van der Waals surface area contributed by atoms with Crippen molar-refractivity contribution in [2.45, 2.75) is 13.2 Å². The second-order valence-electron chi connectivity index (χ2n) is 6.50. The van der Waals surface area contributed by atoms with Gasteiger partial charge in [0.1, 0.15) is 18.1 Å². The monoisotopic (exact) mass is 407 g/mol. The number of carbonyl (C=O) groups is 1. The highest BCUT2D eigenvalue weighted by molar-refractivity contribution is 5.77. The quantitative estimate of drug-likeness (QED) is 0.551. The third kappa shape index (κ3) is 6.17. The summed E-state index contributed by atoms with van der Waals surface area (Å²) in [6, 6.07) is 22.7. The second kappa shape index (κ2) is 10.8. The Kier molecular flexibility index (Phi) is 7.55. The summed E-state index contributed by atoms with van der Waals surface area (Å²) in [6.45, 7) is 0.798. The van der Waals surface area contributed by atoms with E-state index in [1.54, 1.807) is 32.4 Å². The molecule has 0 saturated carbocycles. The molecule has 0 radical (unpaired) electrons. The van der Waals surface area contributed by atoms with Crippen molar-refractivity contribution >= 4 is 5.91 Å². The van der Waals surface area contributed by atoms with Crippen LogP contribution in [0.4, 0.5) is 0 Å². The van der Waals surface area contributed by atoms with E-state index in [9.17, 15) is 4.79 Å². The minimum Gasteiger partial charge on any atom is -0.493 e. The number of nitrogens with one attached hydrogen (secondary N) is 1. The summed E-state index contributed by atoms with van der Waals surface area (Å²) in [5.74, 6) is 2.39. The summed E-state index contributed by atoms with van der Waals surface area (Å²) in [6.07, 6.45) is 0. The lowest BCUT2D eigenvalue weighted by molar-refractivity contribution is -0.123. The van der Waals surface area contributed by atoms with E-state index < -0.39 is 0 Å². The maximum Gasteiger partial charge on any atom is 0.258 e. The maximum absolute atomic E-state index is 12.1. The molecule has 3 rings (SSSR count). The number of hydrogen-bond donors (Lipinski definition) is 1. The number of carbonyl (C=O) groups excluding carboxylic acids is 1. The second-order valence-corrected chi connectivity index (χ2v) is 6.50. The lowest BCUT2D eigenvalue weighted by Gasteiger charge is -2.11. The fraction of sp³-hybridized carbons (Fsp3) is 0.208. The molecule has 1 amide bonds. The predicted molar refractivity (Wildman–Crippen MR) is 114 cm³/mol. The van der Waals surface area contributed by atoms with Gasteiger partial charge in [0.2, 0.25) is 0 Å². The highest BCUT2D eigenvalue weighted by Gasteiger charge is 2.07. The Morgan fingerprint density at radius 2 is 1.43 bits per heavy atom. The molecule has 0 heterocycles. The van der Waals surface area contributed by atoms with Gasteiger partial charge in [-0.3, -0.25) is 4.79 Å². The molecule has 0 saturated heterocycles. The molecule has 0 aromatic heterocycles. The molecule has 0 aliphatic rings. The Bertz CT molecular complexity index is 942. The number of benzene rings is 3. The van der Waals surface area contributed by atoms with Gasteiger partial charge in [-0.2, -0.15) is 0 Å². The largest absolute Gasteiger partial charge is 0.493 e. The van der Waals surface area contributed by atoms with Gasteiger partial charge in [-0.05, 0) is 47.5 Å². The first-order chi connectivity index (χ1) is 14.7. The highest BCUT2D eigenvalue weighted by Crippen LogP contribution is 2.27. The zero-order valence-corrected chi connectivity index (χ0v) is 17.1. The van der Waals surface area contributed by atoms with Crippen molar-refractivity contribution in [1.82, 2.24) is 5.32 Å². The van der Waals surface area contributed by atoms with E-state index in [0.717, 1.165) is 16.9 Å². The lowest BCUT2D eigenvalue weighted by atomic mass is 10.2. The number of amides is 1. The van der Waals surface area contributed by atoms with Crippen LogP contribution in [0.1, 0.15) is 11.1 Å². The van der Waals surface area contributed by atoms with E-state index >= 15 is 0 Å². The van der Waals surface area contributed by atoms with Crippen molar-refractivity contribution in [2.24, 2.45) is 0 Å². The van der Waals surface area contributed by atoms with Crippen molar-refractivity contribution in [1.29, 1.82) is 0 Å². The van der Waals surface area contributed by atoms with E-state index in [1.165, 1.54) is 0 Å². The topological polar surface area (TPSA) is 66.0 Å². The molecule has 1 N–H and O–H groups in total. The molecule has 0 spiro atoms. The molecular weight excluding hydrogens is 382 g/mol. The van der Waals surface area contributed by atoms with Gasteiger partial charge in [-0.25, -0.2) is 0 Å². The van der Waals surface area contributed by atoms with E-state index in [1.807, 2.05) is 54.6 Å². The molecule has 156 valence electrons. The van der Waals surface area contributed by atoms with Crippen LogP contribution in [-0.4, -0.2) is 26.7 Å². The average Bonchev–Trinajstić information content (AvgIpc) is 2.81. The maximum atomic E-state index is 12.1. The van der Waals surface area contributed by atoms with E-state index in [-0.39, 0.29) is 12.5 Å². The molecule has 30 heavy (non-hydrogen) atoms. The van der Waals surface area contributed by atoms with Gasteiger partial charge in [0, 0.05) is 6.54 Å². The summed E-state index contributed by atoms with van der Waals surface area (Å²) in [5.41, 5.74) is 2.00. The minimum absolute atomic E-state index is 0.0719. The number of hydrogen-bond acceptors (Lipinski definition) is 5. The fourth-order valence-corrected chi connectivity index (χ4v) is 2.76. The third-order valence-corrected chi connectivity index (χ3v) is 4.38. The Morgan fingerprint density at radius 1 is 0.767 bits per heavy atom. The average molecular weight is 407 g/mol. The zero-order chi connectivity index (χ0) is 21.2. The Labute approximate surface area is 176 Å². The first-order valence-electron chi connectivity index (χ1n) is 9.55. The van der Waals surface area contributed by atoms with Gasteiger partial charge in [0.15, 0.2) is 18.1 Å². The van der Waals surface area contributed by atoms with Crippen LogP contribution < -0.4 is 24.3 Å². The van der Waals surface area contributed by atoms with E-state index in [4.69, 9.17) is 18.9 Å². The molecule has 0 bridgehead atoms. The van der Waals surface area contributed by atoms with E-state index in [0.29, 0.717) is 30.4 Å². The lowest BCUT2D eigenvalue weighted by Crippen LogP contribution is -2.28. The summed E-state index contributed by atoms with van der Waals surface area (Å²) < 4.78 is 21.8. The molecule has 6 nitrogen and oxygen atoms in total. The normalized spacial score (nSPS) is 10.2. The molecule has 0 unspecified atom stereocenters. The van der Waals surface area contributed by atoms with Gasteiger partial charge in [0.25, 0.3) is 5.91 Å². The molecule has 0 aliphatic carbocycles. The zero-order valence-electron chi connectivity index (χ0n) is 17.1. The smallest absolute Gasteiger partial charge is 0.258 e. The van der Waals surface area contributed by atoms with Crippen LogP contribution in [0, 0.1) is 0 Å². The van der Waals surface area contributed by atoms with Crippen LogP contribution >= 0.6 is 0 Å². The van der Waals surface area contributed by atoms with Crippen molar-refractivity contribution < 1.29 is 23.7 Å². The van der Waals surface area contributed by atoms with Crippen molar-refractivity contribution in [3.8, 4) is 23.0 Å². The molecule has 0 aliphatic heterocycles. The molecule has 3 aromatic carbocycles. The first kappa shape index (κ1) is 21.0. The van der Waals surface area contributed by atoms with Gasteiger partial charge < -0.3 is 24.3 Å². The van der Waals surface area contributed by atoms with Crippen LogP contribution in [0.5, 0.6) is 23.0 Å². The van der Waals surface area contributed by atoms with Gasteiger partial charge in [-0.1, -0.05) is 36.4 Å². The van der Waals surface area contributed by atoms with Crippen LogP contribution in [0.3, 0.4) is 0 Å². The Morgan fingerprint density at radius 3 is 2.10 bits per heavy atom. The summed E-state index contributed by atoms with van der Waals surface area (Å²) in [5, 5.41) is 2.82. The van der Waals surface area contributed by atoms with Crippen LogP contribution in [0.2, 0.25) is 0 Å². The van der Waals surface area contributed by atoms with Crippen molar-refractivity contribution in [3.63, 3.8) is 0 Å². The molecule has 3 aromatic rings. The van der Waals surface area contributed by atoms with Crippen molar-refractivity contribution in [2.75, 3.05) is 20.8 Å². The van der Waals surface area contributed by atoms with Gasteiger partial charge in [-0.15, -0.1) is 0 Å². The standard InChI is InChI=1S/C24H25NO5/c1-27-22-13-8-19(14-23(22)28-2)15-25-24(26)17-30-21-11-9-20(10-12-21)29-16-18-6-4-3-5-7-18/h3-14H,15-17H2,1-2H3,(H,25,26). The fourth-order valence-electron chi connectivity index (χ4n) is 2.76. The Hall–Kier alpha value is -3.67. The number of rotatable bonds is 10. The SMILES string of the molecule is COc1ccc(CNC(=O)COc2ccc(OCc3ccccc3)cc2)cc1OC. The molecular formula is C24H25NO5. The Balaban J connectivity index is 1.42. The summed E-state index contributed by atoms with van der Waals surface area (Å²) in [7, 11) is 3.16. The number of methoxy groups -OCH3 is 2. The van der Waals surface area contributed by atoms with Crippen LogP contribution in [0.25, 0.3) is 0 Å². The van der Waals surface area contributed by atoms with E-state index in [2.05, 4.69) is 5.32 Å². The number of ether oxygens (including phenoxy) is 4. The molecule has 0 atom stereocenters.